The molecule has 2 aliphatic rings. The molecule has 2 aromatic carbocycles. The van der Waals surface area contributed by atoms with Gasteiger partial charge in [0.15, 0.2) is 0 Å². The lowest BCUT2D eigenvalue weighted by Crippen LogP contribution is -2.38. The van der Waals surface area contributed by atoms with Gasteiger partial charge < -0.3 is 14.5 Å². The first kappa shape index (κ1) is 28.9. The SMILES string of the molecule is CCN(CC)c1ccc(CCCCCN(C(=O)C2CCCCC2)c2cccc3c2CCC(C(=O)OC)=C3)cc1. The minimum Gasteiger partial charge on any atom is -0.466 e. The Morgan fingerprint density at radius 1 is 0.897 bits per heavy atom. The molecule has 0 atom stereocenters. The number of nitrogens with zero attached hydrogens (tertiary/aromatic N) is 2. The summed E-state index contributed by atoms with van der Waals surface area (Å²) in [5.41, 5.74) is 6.63. The van der Waals surface area contributed by atoms with Crippen LogP contribution in [0.2, 0.25) is 0 Å². The van der Waals surface area contributed by atoms with E-state index in [1.807, 2.05) is 12.1 Å². The highest BCUT2D eigenvalue weighted by Gasteiger charge is 2.29. The predicted octanol–water partition coefficient (Wildman–Crippen LogP) is 7.36. The van der Waals surface area contributed by atoms with Gasteiger partial charge in [-0.2, -0.15) is 0 Å². The van der Waals surface area contributed by atoms with Crippen molar-refractivity contribution in [1.82, 2.24) is 0 Å². The third-order valence-electron chi connectivity index (χ3n) is 8.53. The van der Waals surface area contributed by atoms with E-state index in [0.29, 0.717) is 12.0 Å². The quantitative estimate of drug-likeness (QED) is 0.212. The number of esters is 1. The lowest BCUT2D eigenvalue weighted by molar-refractivity contribution is -0.136. The number of ether oxygens (including phenoxy) is 1. The fraction of sp³-hybridized carbons (Fsp3) is 0.529. The van der Waals surface area contributed by atoms with E-state index in [1.54, 1.807) is 0 Å². The number of fused-ring (bicyclic) bond motifs is 1. The fourth-order valence-electron chi connectivity index (χ4n) is 6.22. The van der Waals surface area contributed by atoms with Crippen LogP contribution in [0.4, 0.5) is 11.4 Å². The molecule has 0 radical (unpaired) electrons. The first-order valence-corrected chi connectivity index (χ1v) is 15.1. The van der Waals surface area contributed by atoms with E-state index in [-0.39, 0.29) is 17.8 Å². The Hall–Kier alpha value is -3.08. The van der Waals surface area contributed by atoms with E-state index in [4.69, 9.17) is 4.74 Å². The van der Waals surface area contributed by atoms with Crippen LogP contribution in [0.15, 0.2) is 48.0 Å². The second-order valence-electron chi connectivity index (χ2n) is 11.0. The minimum absolute atomic E-state index is 0.128. The molecule has 1 amide bonds. The normalized spacial score (nSPS) is 15.3. The van der Waals surface area contributed by atoms with Gasteiger partial charge in [-0.15, -0.1) is 0 Å². The van der Waals surface area contributed by atoms with Gasteiger partial charge in [0.05, 0.1) is 7.11 Å². The molecule has 5 nitrogen and oxygen atoms in total. The van der Waals surface area contributed by atoms with Crippen molar-refractivity contribution in [2.24, 2.45) is 5.92 Å². The van der Waals surface area contributed by atoms with Gasteiger partial charge in [-0.1, -0.05) is 49.9 Å². The zero-order valence-corrected chi connectivity index (χ0v) is 24.2. The lowest BCUT2D eigenvalue weighted by atomic mass is 9.87. The standard InChI is InChI=1S/C34H46N2O3/c1-4-35(5-2)30-21-18-26(19-22-30)13-8-7-11-24-36(33(37)27-14-9-6-10-15-27)32-17-12-16-28-25-29(34(38)39-3)20-23-31(28)32/h12,16-19,21-22,25,27H,4-11,13-15,20,23-24H2,1-3H3. The van der Waals surface area contributed by atoms with Crippen molar-refractivity contribution in [3.05, 3.63) is 64.7 Å². The van der Waals surface area contributed by atoms with Crippen LogP contribution in [0.25, 0.3) is 6.08 Å². The molecule has 39 heavy (non-hydrogen) atoms. The molecule has 0 bridgehead atoms. The topological polar surface area (TPSA) is 49.9 Å². The molecule has 0 unspecified atom stereocenters. The summed E-state index contributed by atoms with van der Waals surface area (Å²) in [6, 6.07) is 15.2. The maximum Gasteiger partial charge on any atom is 0.333 e. The molecule has 1 saturated carbocycles. The van der Waals surface area contributed by atoms with Crippen molar-refractivity contribution in [3.63, 3.8) is 0 Å². The maximum atomic E-state index is 13.9. The van der Waals surface area contributed by atoms with Crippen molar-refractivity contribution >= 4 is 29.3 Å². The van der Waals surface area contributed by atoms with Gasteiger partial charge in [0.2, 0.25) is 5.91 Å². The lowest BCUT2D eigenvalue weighted by Gasteiger charge is -2.32. The number of amides is 1. The van der Waals surface area contributed by atoms with E-state index in [9.17, 15) is 9.59 Å². The molecular weight excluding hydrogens is 484 g/mol. The summed E-state index contributed by atoms with van der Waals surface area (Å²) in [5, 5.41) is 0. The molecule has 0 saturated heterocycles. The number of hydrogen-bond donors (Lipinski definition) is 0. The highest BCUT2D eigenvalue weighted by Crippen LogP contribution is 2.35. The Kier molecular flexibility index (Phi) is 10.6. The summed E-state index contributed by atoms with van der Waals surface area (Å²) >= 11 is 0. The van der Waals surface area contributed by atoms with E-state index in [0.717, 1.165) is 88.7 Å². The molecule has 2 aliphatic carbocycles. The first-order chi connectivity index (χ1) is 19.0. The van der Waals surface area contributed by atoms with Crippen molar-refractivity contribution < 1.29 is 14.3 Å². The van der Waals surface area contributed by atoms with Crippen molar-refractivity contribution in [2.45, 2.75) is 84.5 Å². The summed E-state index contributed by atoms with van der Waals surface area (Å²) in [5.74, 6) is 0.158. The third-order valence-corrected chi connectivity index (χ3v) is 8.53. The molecule has 210 valence electrons. The van der Waals surface area contributed by atoms with Crippen LogP contribution in [0.1, 0.15) is 88.3 Å². The number of rotatable bonds is 12. The van der Waals surface area contributed by atoms with Crippen LogP contribution < -0.4 is 9.80 Å². The van der Waals surface area contributed by atoms with Crippen molar-refractivity contribution in [3.8, 4) is 0 Å². The Morgan fingerprint density at radius 3 is 2.33 bits per heavy atom. The number of aryl methyl sites for hydroxylation is 1. The molecule has 1 fully saturated rings. The second kappa shape index (κ2) is 14.3. The number of benzene rings is 2. The molecule has 0 aliphatic heterocycles. The summed E-state index contributed by atoms with van der Waals surface area (Å²) in [4.78, 5) is 30.4. The van der Waals surface area contributed by atoms with Gasteiger partial charge in [-0.05, 0) is 99.8 Å². The van der Waals surface area contributed by atoms with Crippen LogP contribution in [0.5, 0.6) is 0 Å². The summed E-state index contributed by atoms with van der Waals surface area (Å²) in [6.45, 7) is 7.20. The second-order valence-corrected chi connectivity index (χ2v) is 11.0. The number of anilines is 2. The predicted molar refractivity (Wildman–Crippen MR) is 161 cm³/mol. The fourth-order valence-corrected chi connectivity index (χ4v) is 6.22. The van der Waals surface area contributed by atoms with E-state index in [1.165, 1.54) is 30.3 Å². The number of unbranched alkanes of at least 4 members (excludes halogenated alkanes) is 2. The number of carbonyl (C=O) groups excluding carboxylic acids is 2. The number of carbonyl (C=O) groups is 2. The highest BCUT2D eigenvalue weighted by atomic mass is 16.5. The van der Waals surface area contributed by atoms with Gasteiger partial charge in [0.1, 0.15) is 0 Å². The molecule has 0 spiro atoms. The van der Waals surface area contributed by atoms with Gasteiger partial charge in [0, 0.05) is 42.5 Å². The Bertz CT molecular complexity index is 1130. The molecule has 4 rings (SSSR count). The van der Waals surface area contributed by atoms with Crippen LogP contribution in [0.3, 0.4) is 0 Å². The van der Waals surface area contributed by atoms with Crippen LogP contribution in [0, 0.1) is 5.92 Å². The summed E-state index contributed by atoms with van der Waals surface area (Å²) < 4.78 is 4.96. The third kappa shape index (κ3) is 7.32. The zero-order chi connectivity index (χ0) is 27.6. The number of hydrogen-bond acceptors (Lipinski definition) is 4. The monoisotopic (exact) mass is 530 g/mol. The van der Waals surface area contributed by atoms with Gasteiger partial charge in [-0.3, -0.25) is 4.79 Å². The Balaban J connectivity index is 1.42. The van der Waals surface area contributed by atoms with E-state index < -0.39 is 0 Å². The van der Waals surface area contributed by atoms with Gasteiger partial charge in [0.25, 0.3) is 0 Å². The number of methoxy groups -OCH3 is 1. The summed E-state index contributed by atoms with van der Waals surface area (Å²) in [7, 11) is 1.43. The minimum atomic E-state index is -0.260. The zero-order valence-electron chi connectivity index (χ0n) is 24.2. The van der Waals surface area contributed by atoms with Crippen molar-refractivity contribution in [2.75, 3.05) is 36.5 Å². The molecule has 0 heterocycles. The van der Waals surface area contributed by atoms with Gasteiger partial charge in [-0.25, -0.2) is 4.79 Å². The molecule has 0 N–H and O–H groups in total. The first-order valence-electron chi connectivity index (χ1n) is 15.1. The van der Waals surface area contributed by atoms with Crippen molar-refractivity contribution in [1.29, 1.82) is 0 Å². The van der Waals surface area contributed by atoms with Gasteiger partial charge >= 0.3 is 5.97 Å². The van der Waals surface area contributed by atoms with Crippen LogP contribution in [-0.4, -0.2) is 38.6 Å². The summed E-state index contributed by atoms with van der Waals surface area (Å²) in [6.07, 6.45) is 13.1. The molecule has 5 heteroatoms. The maximum absolute atomic E-state index is 13.9. The molecule has 0 aromatic heterocycles. The van der Waals surface area contributed by atoms with E-state index >= 15 is 0 Å². The largest absolute Gasteiger partial charge is 0.466 e. The molecular formula is C34H46N2O3. The Labute approximate surface area is 235 Å². The Morgan fingerprint density at radius 2 is 1.64 bits per heavy atom. The highest BCUT2D eigenvalue weighted by molar-refractivity contribution is 5.98. The van der Waals surface area contributed by atoms with E-state index in [2.05, 4.69) is 60.0 Å². The average molecular weight is 531 g/mol. The van der Waals surface area contributed by atoms with Crippen LogP contribution in [-0.2, 0) is 27.2 Å². The smallest absolute Gasteiger partial charge is 0.333 e. The average Bonchev–Trinajstić information content (AvgIpc) is 2.99. The molecule has 2 aromatic rings. The van der Waals surface area contributed by atoms with Crippen LogP contribution >= 0.6 is 0 Å².